The van der Waals surface area contributed by atoms with Gasteiger partial charge in [-0.1, -0.05) is 19.9 Å². The number of Topliss-reactive ketones (excluding diaryl/α,β-unsaturated/α-hetero) is 1. The van der Waals surface area contributed by atoms with Crippen molar-refractivity contribution in [1.29, 1.82) is 0 Å². The van der Waals surface area contributed by atoms with E-state index in [9.17, 15) is 24.6 Å². The quantitative estimate of drug-likeness (QED) is 0.584. The van der Waals surface area contributed by atoms with Crippen LogP contribution in [0.3, 0.4) is 0 Å². The largest absolute Gasteiger partial charge is 0.481 e. The van der Waals surface area contributed by atoms with Crippen molar-refractivity contribution in [2.75, 3.05) is 0 Å². The molecule has 3 rings (SSSR count). The van der Waals surface area contributed by atoms with Crippen molar-refractivity contribution < 1.29 is 24.6 Å². The normalized spacial score (nSPS) is 46.1. The van der Waals surface area contributed by atoms with E-state index >= 15 is 0 Å². The lowest BCUT2D eigenvalue weighted by atomic mass is 9.43. The van der Waals surface area contributed by atoms with Crippen molar-refractivity contribution in [3.05, 3.63) is 23.3 Å². The van der Waals surface area contributed by atoms with Gasteiger partial charge in [-0.3, -0.25) is 14.4 Å². The Labute approximate surface area is 160 Å². The molecule has 0 spiro atoms. The fourth-order valence-corrected chi connectivity index (χ4v) is 6.82. The maximum absolute atomic E-state index is 13.0. The molecule has 3 fully saturated rings. The predicted molar refractivity (Wildman–Crippen MR) is 101 cm³/mol. The molecular weight excluding hydrogens is 344 g/mol. The Morgan fingerprint density at radius 3 is 2.41 bits per heavy atom. The number of aliphatic hydroxyl groups is 1. The number of carboxylic acid groups (broad SMARTS) is 1. The first-order valence-electron chi connectivity index (χ1n) is 9.81. The summed E-state index contributed by atoms with van der Waals surface area (Å²) in [6.45, 7) is 7.80. The second kappa shape index (κ2) is 6.40. The number of fused-ring (bicyclic) bond motifs is 3. The Bertz CT molecular complexity index is 750. The van der Waals surface area contributed by atoms with Gasteiger partial charge in [0.05, 0.1) is 11.5 Å². The van der Waals surface area contributed by atoms with Crippen LogP contribution in [0.4, 0.5) is 0 Å². The van der Waals surface area contributed by atoms with Gasteiger partial charge in [-0.05, 0) is 68.4 Å². The van der Waals surface area contributed by atoms with Gasteiger partial charge in [-0.25, -0.2) is 0 Å². The van der Waals surface area contributed by atoms with Crippen LogP contribution in [0.25, 0.3) is 0 Å². The highest BCUT2D eigenvalue weighted by molar-refractivity contribution is 6.01. The number of carbonyl (C=O) groups is 3. The molecule has 0 aromatic carbocycles. The molecule has 0 aliphatic heterocycles. The molecule has 2 N–H and O–H groups in total. The number of rotatable bonds is 3. The zero-order valence-electron chi connectivity index (χ0n) is 16.6. The van der Waals surface area contributed by atoms with Gasteiger partial charge >= 0.3 is 5.97 Å². The number of allylic oxidation sites excluding steroid dienone is 4. The van der Waals surface area contributed by atoms with Crippen LogP contribution in [0.5, 0.6) is 0 Å². The van der Waals surface area contributed by atoms with Crippen molar-refractivity contribution in [2.45, 2.75) is 65.9 Å². The minimum Gasteiger partial charge on any atom is -0.481 e. The van der Waals surface area contributed by atoms with Crippen molar-refractivity contribution in [1.82, 2.24) is 0 Å². The molecule has 0 aromatic rings. The van der Waals surface area contributed by atoms with Crippen LogP contribution in [-0.2, 0) is 14.4 Å². The first kappa shape index (κ1) is 20.0. The van der Waals surface area contributed by atoms with Crippen molar-refractivity contribution in [2.24, 2.45) is 28.1 Å². The topological polar surface area (TPSA) is 91.7 Å². The highest BCUT2D eigenvalue weighted by Gasteiger charge is 2.67. The summed E-state index contributed by atoms with van der Waals surface area (Å²) in [6, 6.07) is 0. The first-order chi connectivity index (χ1) is 12.5. The molecule has 0 saturated heterocycles. The maximum Gasteiger partial charge on any atom is 0.312 e. The lowest BCUT2D eigenvalue weighted by Crippen LogP contribution is -2.61. The molecule has 27 heavy (non-hydrogen) atoms. The van der Waals surface area contributed by atoms with Crippen LogP contribution in [0.2, 0.25) is 0 Å². The van der Waals surface area contributed by atoms with E-state index in [4.69, 9.17) is 0 Å². The summed E-state index contributed by atoms with van der Waals surface area (Å²) in [6.07, 6.45) is 5.95. The lowest BCUT2D eigenvalue weighted by molar-refractivity contribution is -0.194. The van der Waals surface area contributed by atoms with E-state index in [-0.39, 0.29) is 28.4 Å². The fourth-order valence-electron chi connectivity index (χ4n) is 6.82. The van der Waals surface area contributed by atoms with Crippen molar-refractivity contribution in [3.63, 3.8) is 0 Å². The van der Waals surface area contributed by atoms with Gasteiger partial charge in [0.2, 0.25) is 0 Å². The first-order valence-corrected chi connectivity index (χ1v) is 9.81. The molecule has 6 atom stereocenters. The minimum absolute atomic E-state index is 0.0528. The monoisotopic (exact) mass is 374 g/mol. The summed E-state index contributed by atoms with van der Waals surface area (Å²) >= 11 is 0. The molecule has 3 aliphatic carbocycles. The van der Waals surface area contributed by atoms with Gasteiger partial charge in [0.15, 0.2) is 5.78 Å². The van der Waals surface area contributed by atoms with Gasteiger partial charge in [0.1, 0.15) is 6.29 Å². The van der Waals surface area contributed by atoms with E-state index in [1.165, 1.54) is 6.08 Å². The number of carboxylic acids is 1. The average molecular weight is 374 g/mol. The predicted octanol–water partition coefficient (Wildman–Crippen LogP) is 3.32. The van der Waals surface area contributed by atoms with Crippen LogP contribution in [-0.4, -0.2) is 34.4 Å². The number of ketones is 1. The molecular formula is C22H30O5. The van der Waals surface area contributed by atoms with Gasteiger partial charge in [-0.15, -0.1) is 0 Å². The highest BCUT2D eigenvalue weighted by atomic mass is 16.4. The molecule has 0 aromatic heterocycles. The molecule has 3 aliphatic rings. The zero-order chi connectivity index (χ0) is 20.2. The number of aldehydes is 1. The third-order valence-corrected chi connectivity index (χ3v) is 8.21. The van der Waals surface area contributed by atoms with E-state index in [2.05, 4.69) is 13.8 Å². The number of aliphatic hydroxyl groups excluding tert-OH is 1. The Morgan fingerprint density at radius 1 is 1.15 bits per heavy atom. The standard InChI is InChI=1S/C22H30O5/c1-13(6-5-11-23)18-14(24)12-16-20(2)10-8-17(25)22(4,19(26)27)15(20)7-9-21(16,18)3/h5-6,11,15-17,25H,7-10,12H2,1-4H3,(H,26,27)/b6-5+,18-13+/t15?,16-,17?,20-,21?,22+/m0/s1. The van der Waals surface area contributed by atoms with E-state index in [0.717, 1.165) is 24.0 Å². The van der Waals surface area contributed by atoms with Gasteiger partial charge < -0.3 is 10.2 Å². The number of aliphatic carboxylic acids is 1. The van der Waals surface area contributed by atoms with E-state index < -0.39 is 17.5 Å². The van der Waals surface area contributed by atoms with Crippen molar-refractivity contribution in [3.8, 4) is 0 Å². The Kier molecular flexibility index (Phi) is 4.74. The third kappa shape index (κ3) is 2.58. The summed E-state index contributed by atoms with van der Waals surface area (Å²) in [5.74, 6) is -0.945. The Hall–Kier alpha value is -1.75. The molecule has 3 unspecified atom stereocenters. The summed E-state index contributed by atoms with van der Waals surface area (Å²) in [5, 5.41) is 20.5. The molecule has 0 heterocycles. The number of hydrogen-bond donors (Lipinski definition) is 2. The average Bonchev–Trinajstić information content (AvgIpc) is 2.88. The van der Waals surface area contributed by atoms with Gasteiger partial charge in [0, 0.05) is 17.4 Å². The molecule has 3 saturated carbocycles. The second-order valence-electron chi connectivity index (χ2n) is 9.39. The molecule has 0 bridgehead atoms. The molecule has 148 valence electrons. The van der Waals surface area contributed by atoms with E-state index in [1.54, 1.807) is 13.0 Å². The SMILES string of the molecule is CC(/C=C/C=O)=C1/C(=O)C[C@@H]2C1(C)CCC1[C@@](C)(C(=O)O)C(O)CC[C@@]12C. The third-order valence-electron chi connectivity index (χ3n) is 8.21. The zero-order valence-corrected chi connectivity index (χ0v) is 16.6. The Morgan fingerprint density at radius 2 is 1.81 bits per heavy atom. The van der Waals surface area contributed by atoms with Crippen LogP contribution >= 0.6 is 0 Å². The second-order valence-corrected chi connectivity index (χ2v) is 9.39. The van der Waals surface area contributed by atoms with Crippen molar-refractivity contribution >= 4 is 18.0 Å². The molecule has 0 amide bonds. The Balaban J connectivity index is 2.10. The van der Waals surface area contributed by atoms with E-state index in [0.29, 0.717) is 25.5 Å². The van der Waals surface area contributed by atoms with Crippen LogP contribution in [0, 0.1) is 28.1 Å². The van der Waals surface area contributed by atoms with E-state index in [1.807, 2.05) is 6.92 Å². The molecule has 5 nitrogen and oxygen atoms in total. The van der Waals surface area contributed by atoms with Crippen LogP contribution in [0.1, 0.15) is 59.8 Å². The maximum atomic E-state index is 13.0. The smallest absolute Gasteiger partial charge is 0.312 e. The summed E-state index contributed by atoms with van der Waals surface area (Å²) in [7, 11) is 0. The van der Waals surface area contributed by atoms with Gasteiger partial charge in [0.25, 0.3) is 0 Å². The lowest BCUT2D eigenvalue weighted by Gasteiger charge is -2.61. The van der Waals surface area contributed by atoms with Crippen LogP contribution in [0.15, 0.2) is 23.3 Å². The summed E-state index contributed by atoms with van der Waals surface area (Å²) < 4.78 is 0. The van der Waals surface area contributed by atoms with Crippen LogP contribution < -0.4 is 0 Å². The number of carbonyl (C=O) groups excluding carboxylic acids is 2. The fraction of sp³-hybridized carbons (Fsp3) is 0.682. The summed E-state index contributed by atoms with van der Waals surface area (Å²) in [4.78, 5) is 35.8. The minimum atomic E-state index is -1.18. The molecule has 5 heteroatoms. The van der Waals surface area contributed by atoms with Gasteiger partial charge in [-0.2, -0.15) is 0 Å². The number of hydrogen-bond acceptors (Lipinski definition) is 4. The molecule has 0 radical (unpaired) electrons. The summed E-state index contributed by atoms with van der Waals surface area (Å²) in [5.41, 5.74) is -0.187. The highest BCUT2D eigenvalue weighted by Crippen LogP contribution is 2.69.